The predicted molar refractivity (Wildman–Crippen MR) is 107 cm³/mol. The fourth-order valence-corrected chi connectivity index (χ4v) is 3.43. The molecule has 0 spiro atoms. The Morgan fingerprint density at radius 2 is 1.75 bits per heavy atom. The molecular weight excluding hydrogens is 432 g/mol. The fraction of sp³-hybridized carbons (Fsp3) is 0.300. The smallest absolute Gasteiger partial charge is 0.406 e. The van der Waals surface area contributed by atoms with Crippen molar-refractivity contribution in [3.63, 3.8) is 0 Å². The first-order valence-corrected chi connectivity index (χ1v) is 9.56. The summed E-state index contributed by atoms with van der Waals surface area (Å²) in [6.45, 7) is 4.33. The van der Waals surface area contributed by atoms with Gasteiger partial charge in [0.2, 0.25) is 5.95 Å². The van der Waals surface area contributed by atoms with Gasteiger partial charge in [-0.25, -0.2) is 14.4 Å². The van der Waals surface area contributed by atoms with Gasteiger partial charge in [0.25, 0.3) is 5.91 Å². The number of fused-ring (bicyclic) bond motifs is 1. The van der Waals surface area contributed by atoms with Crippen LogP contribution in [0.15, 0.2) is 43.0 Å². The third kappa shape index (κ3) is 4.34. The summed E-state index contributed by atoms with van der Waals surface area (Å²) in [5.41, 5.74) is 2.01. The van der Waals surface area contributed by atoms with Crippen LogP contribution in [0.25, 0.3) is 22.4 Å². The van der Waals surface area contributed by atoms with Crippen LogP contribution in [0.5, 0.6) is 5.75 Å². The number of alkyl halides is 3. The molecule has 4 rings (SSSR count). The molecule has 1 aliphatic rings. The molecule has 1 aromatic carbocycles. The first-order chi connectivity index (χ1) is 15.1. The summed E-state index contributed by atoms with van der Waals surface area (Å²) in [5, 5.41) is 0. The van der Waals surface area contributed by atoms with E-state index in [2.05, 4.69) is 26.3 Å². The average Bonchev–Trinajstić information content (AvgIpc) is 3.13. The standard InChI is InChI=1S/C20H18F4N6O2/c1-12(21)18(31)29-7-9-30(10-8-29)19-26-15(16-17(27-19)28(2)11-25-16)13-3-5-14(6-4-13)32-20(22,23)24/h3-6,11H,1,7-10H2,2H3. The minimum Gasteiger partial charge on any atom is -0.406 e. The second kappa shape index (κ2) is 8.09. The number of piperazine rings is 1. The molecule has 0 radical (unpaired) electrons. The van der Waals surface area contributed by atoms with Crippen molar-refractivity contribution in [2.45, 2.75) is 6.36 Å². The number of carbonyl (C=O) groups is 1. The summed E-state index contributed by atoms with van der Waals surface area (Å²) in [5.74, 6) is -1.72. The van der Waals surface area contributed by atoms with Crippen LogP contribution in [-0.4, -0.2) is 62.9 Å². The largest absolute Gasteiger partial charge is 0.573 e. The summed E-state index contributed by atoms with van der Waals surface area (Å²) in [6, 6.07) is 5.33. The number of benzene rings is 1. The number of imidazole rings is 1. The average molecular weight is 450 g/mol. The van der Waals surface area contributed by atoms with Crippen LogP contribution in [0.3, 0.4) is 0 Å². The molecular formula is C20H18F4N6O2. The first kappa shape index (κ1) is 21.5. The van der Waals surface area contributed by atoms with E-state index in [1.165, 1.54) is 29.2 Å². The lowest BCUT2D eigenvalue weighted by Crippen LogP contribution is -2.49. The van der Waals surface area contributed by atoms with E-state index in [0.29, 0.717) is 41.5 Å². The molecule has 1 fully saturated rings. The van der Waals surface area contributed by atoms with Gasteiger partial charge in [0.05, 0.1) is 6.33 Å². The number of hydrogen-bond acceptors (Lipinski definition) is 6. The van der Waals surface area contributed by atoms with Gasteiger partial charge in [-0.05, 0) is 24.3 Å². The van der Waals surface area contributed by atoms with E-state index in [0.717, 1.165) is 0 Å². The van der Waals surface area contributed by atoms with E-state index >= 15 is 0 Å². The molecule has 0 bridgehead atoms. The zero-order valence-electron chi connectivity index (χ0n) is 16.9. The Bertz CT molecular complexity index is 1170. The zero-order valence-corrected chi connectivity index (χ0v) is 16.9. The number of aryl methyl sites for hydroxylation is 1. The monoisotopic (exact) mass is 450 g/mol. The predicted octanol–water partition coefficient (Wildman–Crippen LogP) is 3.06. The van der Waals surface area contributed by atoms with E-state index in [1.54, 1.807) is 17.9 Å². The number of halogens is 4. The Morgan fingerprint density at radius 1 is 1.09 bits per heavy atom. The van der Waals surface area contributed by atoms with E-state index in [1.807, 2.05) is 4.90 Å². The number of anilines is 1. The number of hydrogen-bond donors (Lipinski definition) is 0. The molecule has 168 valence electrons. The molecule has 32 heavy (non-hydrogen) atoms. The normalized spacial score (nSPS) is 14.7. The van der Waals surface area contributed by atoms with Gasteiger partial charge in [0.1, 0.15) is 17.0 Å². The van der Waals surface area contributed by atoms with Gasteiger partial charge in [-0.15, -0.1) is 13.2 Å². The Balaban J connectivity index is 1.65. The van der Waals surface area contributed by atoms with Crippen LogP contribution in [-0.2, 0) is 11.8 Å². The highest BCUT2D eigenvalue weighted by Gasteiger charge is 2.31. The quantitative estimate of drug-likeness (QED) is 0.449. The van der Waals surface area contributed by atoms with Gasteiger partial charge in [0, 0.05) is 38.8 Å². The van der Waals surface area contributed by atoms with E-state index < -0.39 is 18.1 Å². The molecule has 1 saturated heterocycles. The first-order valence-electron chi connectivity index (χ1n) is 9.56. The molecule has 0 unspecified atom stereocenters. The summed E-state index contributed by atoms with van der Waals surface area (Å²) in [6.07, 6.45) is -3.22. The lowest BCUT2D eigenvalue weighted by molar-refractivity contribution is -0.274. The minimum absolute atomic E-state index is 0.271. The van der Waals surface area contributed by atoms with Crippen molar-refractivity contribution in [1.29, 1.82) is 0 Å². The molecule has 2 aromatic heterocycles. The molecule has 1 amide bonds. The topological polar surface area (TPSA) is 76.4 Å². The Kier molecular flexibility index (Phi) is 5.45. The van der Waals surface area contributed by atoms with Crippen LogP contribution in [0, 0.1) is 0 Å². The number of rotatable bonds is 4. The van der Waals surface area contributed by atoms with Crippen molar-refractivity contribution in [2.75, 3.05) is 31.1 Å². The maximum atomic E-state index is 13.1. The van der Waals surface area contributed by atoms with E-state index in [9.17, 15) is 22.4 Å². The molecule has 0 saturated carbocycles. The van der Waals surface area contributed by atoms with E-state index in [4.69, 9.17) is 0 Å². The Hall–Kier alpha value is -3.70. The van der Waals surface area contributed by atoms with E-state index in [-0.39, 0.29) is 18.8 Å². The summed E-state index contributed by atoms with van der Waals surface area (Å²) in [4.78, 5) is 28.5. The lowest BCUT2D eigenvalue weighted by atomic mass is 10.1. The van der Waals surface area contributed by atoms with Crippen LogP contribution >= 0.6 is 0 Å². The summed E-state index contributed by atoms with van der Waals surface area (Å²) < 4.78 is 56.1. The molecule has 8 nitrogen and oxygen atoms in total. The van der Waals surface area contributed by atoms with Crippen LogP contribution in [0.4, 0.5) is 23.5 Å². The maximum Gasteiger partial charge on any atom is 0.573 e. The summed E-state index contributed by atoms with van der Waals surface area (Å²) >= 11 is 0. The number of nitrogens with zero attached hydrogens (tertiary/aromatic N) is 6. The van der Waals surface area contributed by atoms with Crippen LogP contribution < -0.4 is 9.64 Å². The molecule has 12 heteroatoms. The number of carbonyl (C=O) groups excluding carboxylic acids is 1. The highest BCUT2D eigenvalue weighted by Crippen LogP contribution is 2.30. The Labute approximate surface area is 179 Å². The SMILES string of the molecule is C=C(F)C(=O)N1CCN(c2nc(-c3ccc(OC(F)(F)F)cc3)c3ncn(C)c3n2)CC1. The molecule has 3 heterocycles. The van der Waals surface area contributed by atoms with Gasteiger partial charge in [-0.2, -0.15) is 4.98 Å². The van der Waals surface area contributed by atoms with Crippen molar-refractivity contribution in [1.82, 2.24) is 24.4 Å². The molecule has 0 atom stereocenters. The van der Waals surface area contributed by atoms with Crippen molar-refractivity contribution >= 4 is 23.0 Å². The number of amides is 1. The molecule has 0 N–H and O–H groups in total. The number of aromatic nitrogens is 4. The Morgan fingerprint density at radius 3 is 2.34 bits per heavy atom. The fourth-order valence-electron chi connectivity index (χ4n) is 3.43. The van der Waals surface area contributed by atoms with Crippen molar-refractivity contribution in [3.05, 3.63) is 43.0 Å². The zero-order chi connectivity index (χ0) is 23.0. The van der Waals surface area contributed by atoms with Crippen molar-refractivity contribution in [3.8, 4) is 17.0 Å². The van der Waals surface area contributed by atoms with Gasteiger partial charge >= 0.3 is 6.36 Å². The highest BCUT2D eigenvalue weighted by atomic mass is 19.4. The van der Waals surface area contributed by atoms with Gasteiger partial charge in [-0.1, -0.05) is 6.58 Å². The summed E-state index contributed by atoms with van der Waals surface area (Å²) in [7, 11) is 1.76. The molecule has 0 aliphatic carbocycles. The third-order valence-electron chi connectivity index (χ3n) is 4.99. The maximum absolute atomic E-state index is 13.1. The molecule has 3 aromatic rings. The van der Waals surface area contributed by atoms with Crippen molar-refractivity contribution < 1.29 is 27.1 Å². The van der Waals surface area contributed by atoms with Gasteiger partial charge in [0.15, 0.2) is 11.5 Å². The number of ether oxygens (including phenoxy) is 1. The third-order valence-corrected chi connectivity index (χ3v) is 4.99. The van der Waals surface area contributed by atoms with Crippen molar-refractivity contribution in [2.24, 2.45) is 7.05 Å². The second-order valence-corrected chi connectivity index (χ2v) is 7.16. The molecule has 1 aliphatic heterocycles. The lowest BCUT2D eigenvalue weighted by Gasteiger charge is -2.34. The van der Waals surface area contributed by atoms with Gasteiger partial charge in [-0.3, -0.25) is 4.79 Å². The van der Waals surface area contributed by atoms with Crippen LogP contribution in [0.2, 0.25) is 0 Å². The van der Waals surface area contributed by atoms with Gasteiger partial charge < -0.3 is 19.1 Å². The second-order valence-electron chi connectivity index (χ2n) is 7.16. The highest BCUT2D eigenvalue weighted by molar-refractivity contribution is 5.91. The minimum atomic E-state index is -4.78. The van der Waals surface area contributed by atoms with Crippen LogP contribution in [0.1, 0.15) is 0 Å².